The predicted octanol–water partition coefficient (Wildman–Crippen LogP) is 4.40. The van der Waals surface area contributed by atoms with E-state index in [1.807, 2.05) is 49.4 Å². The van der Waals surface area contributed by atoms with Crippen LogP contribution in [0.4, 0.5) is 0 Å². The van der Waals surface area contributed by atoms with Crippen LogP contribution in [0.2, 0.25) is 0 Å². The van der Waals surface area contributed by atoms with Crippen molar-refractivity contribution in [2.75, 3.05) is 13.2 Å². The van der Waals surface area contributed by atoms with Crippen LogP contribution in [0.15, 0.2) is 55.1 Å². The number of ether oxygens (including phenoxy) is 2. The van der Waals surface area contributed by atoms with Gasteiger partial charge in [-0.15, -0.1) is 15.0 Å². The molecule has 0 aliphatic carbocycles. The maximum absolute atomic E-state index is 11.0. The second kappa shape index (κ2) is 9.69. The Hall–Kier alpha value is -3.15. The number of esters is 1. The van der Waals surface area contributed by atoms with Crippen molar-refractivity contribution in [2.45, 2.75) is 32.6 Å². The average molecular weight is 379 g/mol. The summed E-state index contributed by atoms with van der Waals surface area (Å²) in [6.07, 6.45) is 4.96. The van der Waals surface area contributed by atoms with Crippen LogP contribution in [0.5, 0.6) is 5.75 Å². The number of benzene rings is 2. The highest BCUT2D eigenvalue weighted by molar-refractivity contribution is 5.81. The summed E-state index contributed by atoms with van der Waals surface area (Å²) < 4.78 is 11.0. The zero-order valence-corrected chi connectivity index (χ0v) is 16.1. The number of fused-ring (bicyclic) bond motifs is 1. The lowest BCUT2D eigenvalue weighted by atomic mass is 10.2. The molecule has 2 aromatic carbocycles. The molecule has 3 aromatic rings. The van der Waals surface area contributed by atoms with Gasteiger partial charge in [0.05, 0.1) is 13.2 Å². The molecule has 1 heterocycles. The summed E-state index contributed by atoms with van der Waals surface area (Å²) >= 11 is 0. The van der Waals surface area contributed by atoms with Crippen molar-refractivity contribution in [1.29, 1.82) is 0 Å². The van der Waals surface area contributed by atoms with Crippen molar-refractivity contribution in [3.63, 3.8) is 0 Å². The van der Waals surface area contributed by atoms with Crippen molar-refractivity contribution in [1.82, 2.24) is 15.0 Å². The van der Waals surface area contributed by atoms with Crippen LogP contribution < -0.4 is 4.74 Å². The fourth-order valence-electron chi connectivity index (χ4n) is 2.84. The fourth-order valence-corrected chi connectivity index (χ4v) is 2.84. The van der Waals surface area contributed by atoms with Crippen LogP contribution in [0.25, 0.3) is 16.7 Å². The van der Waals surface area contributed by atoms with Gasteiger partial charge < -0.3 is 9.47 Å². The monoisotopic (exact) mass is 379 g/mol. The molecule has 1 aromatic heterocycles. The fraction of sp³-hybridized carbons (Fsp3) is 0.318. The number of unbranched alkanes of at least 4 members (excludes halogenated alkanes) is 3. The molecule has 3 rings (SSSR count). The van der Waals surface area contributed by atoms with E-state index >= 15 is 0 Å². The molecule has 0 aliphatic heterocycles. The Labute approximate surface area is 164 Å². The summed E-state index contributed by atoms with van der Waals surface area (Å²) in [5.74, 6) is 0.404. The van der Waals surface area contributed by atoms with Gasteiger partial charge in [0.1, 0.15) is 22.5 Å². The Morgan fingerprint density at radius 2 is 1.71 bits per heavy atom. The maximum atomic E-state index is 11.0. The second-order valence-corrected chi connectivity index (χ2v) is 6.58. The first-order valence-electron chi connectivity index (χ1n) is 9.52. The molecule has 146 valence electrons. The lowest BCUT2D eigenvalue weighted by Gasteiger charge is -2.11. The number of aryl methyl sites for hydroxylation is 1. The van der Waals surface area contributed by atoms with Crippen molar-refractivity contribution < 1.29 is 14.3 Å². The van der Waals surface area contributed by atoms with Gasteiger partial charge in [0.15, 0.2) is 0 Å². The zero-order chi connectivity index (χ0) is 19.8. The summed E-state index contributed by atoms with van der Waals surface area (Å²) in [5.41, 5.74) is 3.67. The van der Waals surface area contributed by atoms with Gasteiger partial charge >= 0.3 is 5.97 Å². The molecule has 0 spiro atoms. The first-order chi connectivity index (χ1) is 13.7. The quantitative estimate of drug-likeness (QED) is 0.297. The van der Waals surface area contributed by atoms with Gasteiger partial charge in [-0.05, 0) is 62.4 Å². The van der Waals surface area contributed by atoms with E-state index in [2.05, 4.69) is 16.8 Å². The molecule has 0 atom stereocenters. The molecule has 6 nitrogen and oxygen atoms in total. The van der Waals surface area contributed by atoms with E-state index in [4.69, 9.17) is 9.47 Å². The number of carbonyl (C=O) groups excluding carboxylic acids is 1. The molecule has 0 bridgehead atoms. The van der Waals surface area contributed by atoms with E-state index < -0.39 is 0 Å². The third-order valence-electron chi connectivity index (χ3n) is 4.32. The Morgan fingerprint density at radius 3 is 2.39 bits per heavy atom. The maximum Gasteiger partial charge on any atom is 0.330 e. The summed E-state index contributed by atoms with van der Waals surface area (Å²) in [7, 11) is 0. The van der Waals surface area contributed by atoms with Crippen molar-refractivity contribution in [3.05, 3.63) is 60.7 Å². The van der Waals surface area contributed by atoms with Crippen LogP contribution in [0.1, 0.15) is 31.2 Å². The summed E-state index contributed by atoms with van der Waals surface area (Å²) in [6, 6.07) is 13.8. The van der Waals surface area contributed by atoms with Crippen molar-refractivity contribution in [3.8, 4) is 11.4 Å². The highest BCUT2D eigenvalue weighted by Crippen LogP contribution is 2.24. The highest BCUT2D eigenvalue weighted by Gasteiger charge is 2.10. The van der Waals surface area contributed by atoms with Gasteiger partial charge in [-0.25, -0.2) is 4.79 Å². The lowest BCUT2D eigenvalue weighted by Crippen LogP contribution is -2.05. The Balaban J connectivity index is 1.53. The van der Waals surface area contributed by atoms with E-state index in [-0.39, 0.29) is 5.97 Å². The SMILES string of the molecule is C=CC(=O)OCCCCCCOc1ccc(C)cc1-n1nc2ccccc2n1. The van der Waals surface area contributed by atoms with Crippen molar-refractivity contribution in [2.24, 2.45) is 0 Å². The lowest BCUT2D eigenvalue weighted by molar-refractivity contribution is -0.137. The van der Waals surface area contributed by atoms with Crippen LogP contribution in [-0.4, -0.2) is 34.2 Å². The average Bonchev–Trinajstić information content (AvgIpc) is 3.14. The topological polar surface area (TPSA) is 66.2 Å². The molecule has 0 saturated carbocycles. The summed E-state index contributed by atoms with van der Waals surface area (Å²) in [5, 5.41) is 9.12. The Morgan fingerprint density at radius 1 is 1.04 bits per heavy atom. The number of nitrogens with zero attached hydrogens (tertiary/aromatic N) is 3. The van der Waals surface area contributed by atoms with E-state index in [0.717, 1.165) is 53.7 Å². The number of hydrogen-bond donors (Lipinski definition) is 0. The molecular formula is C22H25N3O3. The van der Waals surface area contributed by atoms with E-state index in [9.17, 15) is 4.79 Å². The standard InChI is InChI=1S/C22H25N3O3/c1-3-22(26)28-15-9-5-4-8-14-27-21-13-12-17(2)16-20(21)25-23-18-10-6-7-11-19(18)24-25/h3,6-7,10-13,16H,1,4-5,8-9,14-15H2,2H3. The second-order valence-electron chi connectivity index (χ2n) is 6.58. The molecule has 6 heteroatoms. The molecular weight excluding hydrogens is 354 g/mol. The van der Waals surface area contributed by atoms with Gasteiger partial charge in [-0.3, -0.25) is 0 Å². The molecule has 0 saturated heterocycles. The van der Waals surface area contributed by atoms with Crippen LogP contribution in [0.3, 0.4) is 0 Å². The minimum Gasteiger partial charge on any atom is -0.491 e. The third-order valence-corrected chi connectivity index (χ3v) is 4.32. The highest BCUT2D eigenvalue weighted by atomic mass is 16.5. The Bertz CT molecular complexity index is 916. The number of carbonyl (C=O) groups is 1. The minimum atomic E-state index is -0.366. The van der Waals surface area contributed by atoms with Crippen LogP contribution in [0, 0.1) is 6.92 Å². The molecule has 0 aliphatic rings. The van der Waals surface area contributed by atoms with Gasteiger partial charge in [0.25, 0.3) is 0 Å². The number of hydrogen-bond acceptors (Lipinski definition) is 5. The van der Waals surface area contributed by atoms with Gasteiger partial charge in [-0.2, -0.15) is 0 Å². The minimum absolute atomic E-state index is 0.366. The zero-order valence-electron chi connectivity index (χ0n) is 16.1. The largest absolute Gasteiger partial charge is 0.491 e. The molecule has 0 N–H and O–H groups in total. The summed E-state index contributed by atoms with van der Waals surface area (Å²) in [6.45, 7) is 6.46. The third kappa shape index (κ3) is 5.19. The van der Waals surface area contributed by atoms with Crippen molar-refractivity contribution >= 4 is 17.0 Å². The normalized spacial score (nSPS) is 10.8. The van der Waals surface area contributed by atoms with Crippen LogP contribution >= 0.6 is 0 Å². The first-order valence-corrected chi connectivity index (χ1v) is 9.52. The molecule has 28 heavy (non-hydrogen) atoms. The summed E-state index contributed by atoms with van der Waals surface area (Å²) in [4.78, 5) is 12.6. The molecule has 0 amide bonds. The van der Waals surface area contributed by atoms with E-state index in [0.29, 0.717) is 13.2 Å². The van der Waals surface area contributed by atoms with Gasteiger partial charge in [0.2, 0.25) is 0 Å². The smallest absolute Gasteiger partial charge is 0.330 e. The van der Waals surface area contributed by atoms with Gasteiger partial charge in [-0.1, -0.05) is 24.8 Å². The van der Waals surface area contributed by atoms with Gasteiger partial charge in [0, 0.05) is 6.08 Å². The molecule has 0 radical (unpaired) electrons. The number of rotatable bonds is 10. The van der Waals surface area contributed by atoms with E-state index in [1.165, 1.54) is 6.08 Å². The molecule has 0 unspecified atom stereocenters. The van der Waals surface area contributed by atoms with Crippen LogP contribution in [-0.2, 0) is 9.53 Å². The Kier molecular flexibility index (Phi) is 6.78. The predicted molar refractivity (Wildman–Crippen MR) is 109 cm³/mol. The first kappa shape index (κ1) is 19.6. The van der Waals surface area contributed by atoms with E-state index in [1.54, 1.807) is 4.80 Å². The number of aromatic nitrogens is 3. The molecule has 0 fully saturated rings.